The third kappa shape index (κ3) is 2.64. The molecule has 2 aromatic carbocycles. The molecule has 0 N–H and O–H groups in total. The molecule has 3 heteroatoms. The maximum atomic E-state index is 5.85. The van der Waals surface area contributed by atoms with Gasteiger partial charge in [0, 0.05) is 5.56 Å². The first-order valence-corrected chi connectivity index (χ1v) is 6.34. The largest absolute Gasteiger partial charge is 0.259 e. The van der Waals surface area contributed by atoms with Gasteiger partial charge in [0.05, 0.1) is 18.1 Å². The second-order valence-electron chi connectivity index (χ2n) is 4.17. The van der Waals surface area contributed by atoms with Gasteiger partial charge in [0.2, 0.25) is 0 Å². The number of rotatable bonds is 2. The Kier molecular flexibility index (Phi) is 3.25. The van der Waals surface area contributed by atoms with Gasteiger partial charge in [-0.3, -0.25) is 4.98 Å². The fourth-order valence-electron chi connectivity index (χ4n) is 1.95. The smallest absolute Gasteiger partial charge is 0.148 e. The van der Waals surface area contributed by atoms with Crippen LogP contribution in [0.2, 0.25) is 5.15 Å². The fourth-order valence-corrected chi connectivity index (χ4v) is 2.09. The Morgan fingerprint density at radius 1 is 0.684 bits per heavy atom. The van der Waals surface area contributed by atoms with E-state index in [1.165, 1.54) is 17.3 Å². The standard InChI is InChI=1S/C16H11ClN2/c17-16-11-18-10-15(19-16)14-8-6-13(7-9-14)12-4-2-1-3-5-12/h1-11H. The monoisotopic (exact) mass is 266 g/mol. The molecule has 0 unspecified atom stereocenters. The Bertz CT molecular complexity index is 679. The first kappa shape index (κ1) is 11.9. The summed E-state index contributed by atoms with van der Waals surface area (Å²) in [6.07, 6.45) is 3.24. The quantitative estimate of drug-likeness (QED) is 0.684. The van der Waals surface area contributed by atoms with Crippen LogP contribution in [0.25, 0.3) is 22.4 Å². The molecular weight excluding hydrogens is 256 g/mol. The van der Waals surface area contributed by atoms with Crippen LogP contribution in [0.15, 0.2) is 67.0 Å². The molecule has 2 nitrogen and oxygen atoms in total. The van der Waals surface area contributed by atoms with Crippen molar-refractivity contribution in [3.05, 3.63) is 72.1 Å². The summed E-state index contributed by atoms with van der Waals surface area (Å²) in [5.74, 6) is 0. The number of hydrogen-bond acceptors (Lipinski definition) is 2. The minimum absolute atomic E-state index is 0.407. The molecule has 3 aromatic rings. The summed E-state index contributed by atoms with van der Waals surface area (Å²) < 4.78 is 0. The van der Waals surface area contributed by atoms with Crippen molar-refractivity contribution in [3.63, 3.8) is 0 Å². The van der Waals surface area contributed by atoms with Crippen molar-refractivity contribution in [3.8, 4) is 22.4 Å². The highest BCUT2D eigenvalue weighted by molar-refractivity contribution is 6.29. The summed E-state index contributed by atoms with van der Waals surface area (Å²) in [5, 5.41) is 0.407. The van der Waals surface area contributed by atoms with E-state index in [0.29, 0.717) is 5.15 Å². The fraction of sp³-hybridized carbons (Fsp3) is 0. The summed E-state index contributed by atoms with van der Waals surface area (Å²) in [7, 11) is 0. The van der Waals surface area contributed by atoms with Crippen molar-refractivity contribution < 1.29 is 0 Å². The molecule has 0 fully saturated rings. The number of halogens is 1. The normalized spacial score (nSPS) is 10.4. The van der Waals surface area contributed by atoms with Gasteiger partial charge in [0.25, 0.3) is 0 Å². The maximum Gasteiger partial charge on any atom is 0.148 e. The lowest BCUT2D eigenvalue weighted by molar-refractivity contribution is 1.21. The second kappa shape index (κ2) is 5.21. The van der Waals surface area contributed by atoms with Gasteiger partial charge in [-0.1, -0.05) is 66.2 Å². The van der Waals surface area contributed by atoms with Crippen LogP contribution in [0.3, 0.4) is 0 Å². The van der Waals surface area contributed by atoms with E-state index in [9.17, 15) is 0 Å². The summed E-state index contributed by atoms with van der Waals surface area (Å²) in [6.45, 7) is 0. The molecule has 19 heavy (non-hydrogen) atoms. The molecule has 0 saturated heterocycles. The Hall–Kier alpha value is -2.19. The minimum Gasteiger partial charge on any atom is -0.259 e. The number of nitrogens with zero attached hydrogens (tertiary/aromatic N) is 2. The van der Waals surface area contributed by atoms with E-state index < -0.39 is 0 Å². The maximum absolute atomic E-state index is 5.85. The molecule has 0 amide bonds. The van der Waals surface area contributed by atoms with E-state index >= 15 is 0 Å². The molecule has 0 bridgehead atoms. The van der Waals surface area contributed by atoms with Gasteiger partial charge in [-0.25, -0.2) is 4.98 Å². The number of hydrogen-bond donors (Lipinski definition) is 0. The molecule has 0 saturated carbocycles. The Balaban J connectivity index is 1.95. The lowest BCUT2D eigenvalue weighted by atomic mass is 10.0. The minimum atomic E-state index is 0.407. The van der Waals surface area contributed by atoms with Crippen LogP contribution < -0.4 is 0 Å². The van der Waals surface area contributed by atoms with Crippen LogP contribution in [0.4, 0.5) is 0 Å². The summed E-state index contributed by atoms with van der Waals surface area (Å²) in [4.78, 5) is 8.30. The van der Waals surface area contributed by atoms with E-state index in [-0.39, 0.29) is 0 Å². The van der Waals surface area contributed by atoms with Gasteiger partial charge in [-0.05, 0) is 11.1 Å². The predicted octanol–water partition coefficient (Wildman–Crippen LogP) is 4.46. The zero-order chi connectivity index (χ0) is 13.1. The van der Waals surface area contributed by atoms with Crippen molar-refractivity contribution in [1.82, 2.24) is 9.97 Å². The summed E-state index contributed by atoms with van der Waals surface area (Å²) in [5.41, 5.74) is 4.17. The summed E-state index contributed by atoms with van der Waals surface area (Å²) >= 11 is 5.85. The van der Waals surface area contributed by atoms with Crippen LogP contribution in [-0.4, -0.2) is 9.97 Å². The molecule has 0 aliphatic heterocycles. The summed E-state index contributed by atoms with van der Waals surface area (Å²) in [6, 6.07) is 18.5. The average molecular weight is 267 g/mol. The van der Waals surface area contributed by atoms with Crippen molar-refractivity contribution >= 4 is 11.6 Å². The Labute approximate surface area is 116 Å². The Morgan fingerprint density at radius 2 is 1.32 bits per heavy atom. The van der Waals surface area contributed by atoms with Gasteiger partial charge >= 0.3 is 0 Å². The number of aromatic nitrogens is 2. The van der Waals surface area contributed by atoms with Crippen LogP contribution in [0.5, 0.6) is 0 Å². The second-order valence-corrected chi connectivity index (χ2v) is 4.56. The van der Waals surface area contributed by atoms with Crippen molar-refractivity contribution in [2.75, 3.05) is 0 Å². The predicted molar refractivity (Wildman–Crippen MR) is 77.9 cm³/mol. The zero-order valence-electron chi connectivity index (χ0n) is 10.1. The first-order chi connectivity index (χ1) is 9.33. The van der Waals surface area contributed by atoms with Crippen LogP contribution >= 0.6 is 11.6 Å². The van der Waals surface area contributed by atoms with E-state index in [4.69, 9.17) is 11.6 Å². The molecule has 0 atom stereocenters. The van der Waals surface area contributed by atoms with Gasteiger partial charge in [0.1, 0.15) is 5.15 Å². The highest BCUT2D eigenvalue weighted by atomic mass is 35.5. The van der Waals surface area contributed by atoms with Crippen LogP contribution in [0.1, 0.15) is 0 Å². The zero-order valence-corrected chi connectivity index (χ0v) is 10.9. The molecule has 0 aliphatic rings. The molecule has 0 spiro atoms. The molecule has 0 radical (unpaired) electrons. The van der Waals surface area contributed by atoms with E-state index in [2.05, 4.69) is 34.2 Å². The van der Waals surface area contributed by atoms with Gasteiger partial charge in [-0.2, -0.15) is 0 Å². The topological polar surface area (TPSA) is 25.8 Å². The van der Waals surface area contributed by atoms with E-state index in [1.807, 2.05) is 30.3 Å². The third-order valence-electron chi connectivity index (χ3n) is 2.89. The molecule has 1 aromatic heterocycles. The van der Waals surface area contributed by atoms with Crippen LogP contribution in [-0.2, 0) is 0 Å². The lowest BCUT2D eigenvalue weighted by Crippen LogP contribution is -1.86. The SMILES string of the molecule is Clc1cncc(-c2ccc(-c3ccccc3)cc2)n1. The molecule has 92 valence electrons. The van der Waals surface area contributed by atoms with E-state index in [1.54, 1.807) is 6.20 Å². The van der Waals surface area contributed by atoms with Crippen molar-refractivity contribution in [2.24, 2.45) is 0 Å². The van der Waals surface area contributed by atoms with E-state index in [0.717, 1.165) is 11.3 Å². The van der Waals surface area contributed by atoms with Gasteiger partial charge in [-0.15, -0.1) is 0 Å². The lowest BCUT2D eigenvalue weighted by Gasteiger charge is -2.04. The van der Waals surface area contributed by atoms with Crippen LogP contribution in [0, 0.1) is 0 Å². The van der Waals surface area contributed by atoms with Crippen molar-refractivity contribution in [2.45, 2.75) is 0 Å². The van der Waals surface area contributed by atoms with Gasteiger partial charge in [0.15, 0.2) is 0 Å². The van der Waals surface area contributed by atoms with Gasteiger partial charge < -0.3 is 0 Å². The Morgan fingerprint density at radius 3 is 2.00 bits per heavy atom. The number of benzene rings is 2. The highest BCUT2D eigenvalue weighted by Gasteiger charge is 2.02. The molecular formula is C16H11ClN2. The molecule has 1 heterocycles. The average Bonchev–Trinajstić information content (AvgIpc) is 2.48. The van der Waals surface area contributed by atoms with Crippen molar-refractivity contribution in [1.29, 1.82) is 0 Å². The first-order valence-electron chi connectivity index (χ1n) is 5.96. The highest BCUT2D eigenvalue weighted by Crippen LogP contribution is 2.23. The third-order valence-corrected chi connectivity index (χ3v) is 3.08. The molecule has 0 aliphatic carbocycles. The molecule has 3 rings (SSSR count).